The fourth-order valence-corrected chi connectivity index (χ4v) is 3.40. The topological polar surface area (TPSA) is 61.8 Å². The lowest BCUT2D eigenvalue weighted by Crippen LogP contribution is -2.48. The van der Waals surface area contributed by atoms with Gasteiger partial charge in [-0.2, -0.15) is 0 Å². The fourth-order valence-electron chi connectivity index (χ4n) is 3.40. The zero-order valence-corrected chi connectivity index (χ0v) is 12.6. The number of ether oxygens (including phenoxy) is 3. The predicted octanol–water partition coefficient (Wildman–Crippen LogP) is 1.74. The Bertz CT molecular complexity index is 547. The molecule has 118 valence electrons. The number of benzene rings is 1. The number of esters is 1. The quantitative estimate of drug-likeness (QED) is 0.629. The number of rotatable bonds is 3. The Labute approximate surface area is 129 Å². The van der Waals surface area contributed by atoms with Crippen LogP contribution in [0.2, 0.25) is 0 Å². The largest absolute Gasteiger partial charge is 0.468 e. The van der Waals surface area contributed by atoms with Gasteiger partial charge in [-0.05, 0) is 12.0 Å². The second-order valence-corrected chi connectivity index (χ2v) is 5.88. The SMILES string of the molecule is COC(=O)C1CC2(CC(Cc3ccccc3)C1=O)OCCO2. The summed E-state index contributed by atoms with van der Waals surface area (Å²) in [4.78, 5) is 24.6. The van der Waals surface area contributed by atoms with E-state index < -0.39 is 17.7 Å². The molecule has 5 nitrogen and oxygen atoms in total. The maximum Gasteiger partial charge on any atom is 0.316 e. The standard InChI is InChI=1S/C17H20O5/c1-20-16(19)14-11-17(21-7-8-22-17)10-13(15(14)18)9-12-5-3-2-4-6-12/h2-6,13-14H,7-11H2,1H3. The summed E-state index contributed by atoms with van der Waals surface area (Å²) in [5.74, 6) is -2.47. The van der Waals surface area contributed by atoms with Gasteiger partial charge in [-0.1, -0.05) is 30.3 Å². The van der Waals surface area contributed by atoms with E-state index in [0.717, 1.165) is 5.56 Å². The van der Waals surface area contributed by atoms with Crippen molar-refractivity contribution in [3.63, 3.8) is 0 Å². The van der Waals surface area contributed by atoms with Gasteiger partial charge in [-0.3, -0.25) is 9.59 Å². The number of hydrogen-bond acceptors (Lipinski definition) is 5. The minimum absolute atomic E-state index is 0.0690. The van der Waals surface area contributed by atoms with Crippen LogP contribution < -0.4 is 0 Å². The van der Waals surface area contributed by atoms with Gasteiger partial charge in [-0.25, -0.2) is 0 Å². The van der Waals surface area contributed by atoms with Crippen LogP contribution in [0.1, 0.15) is 18.4 Å². The van der Waals surface area contributed by atoms with E-state index in [1.807, 2.05) is 30.3 Å². The molecule has 0 aromatic heterocycles. The van der Waals surface area contributed by atoms with E-state index in [-0.39, 0.29) is 18.1 Å². The molecular formula is C17H20O5. The van der Waals surface area contributed by atoms with Crippen LogP contribution in [-0.2, 0) is 30.2 Å². The molecule has 1 aliphatic carbocycles. The predicted molar refractivity (Wildman–Crippen MR) is 78.0 cm³/mol. The van der Waals surface area contributed by atoms with E-state index in [1.165, 1.54) is 7.11 Å². The van der Waals surface area contributed by atoms with Gasteiger partial charge in [0.15, 0.2) is 11.6 Å². The van der Waals surface area contributed by atoms with Crippen LogP contribution in [0.3, 0.4) is 0 Å². The molecule has 1 aromatic rings. The Morgan fingerprint density at radius 1 is 1.23 bits per heavy atom. The van der Waals surface area contributed by atoms with Crippen LogP contribution in [0.15, 0.2) is 30.3 Å². The molecular weight excluding hydrogens is 284 g/mol. The second-order valence-electron chi connectivity index (χ2n) is 5.88. The van der Waals surface area contributed by atoms with E-state index in [2.05, 4.69) is 0 Å². The van der Waals surface area contributed by atoms with Crippen LogP contribution in [-0.4, -0.2) is 37.9 Å². The van der Waals surface area contributed by atoms with E-state index >= 15 is 0 Å². The first-order chi connectivity index (χ1) is 10.6. The molecule has 22 heavy (non-hydrogen) atoms. The van der Waals surface area contributed by atoms with Crippen molar-refractivity contribution in [2.24, 2.45) is 11.8 Å². The Morgan fingerprint density at radius 3 is 2.55 bits per heavy atom. The maximum absolute atomic E-state index is 12.7. The summed E-state index contributed by atoms with van der Waals surface area (Å²) in [7, 11) is 1.31. The normalized spacial score (nSPS) is 27.0. The van der Waals surface area contributed by atoms with Crippen molar-refractivity contribution < 1.29 is 23.8 Å². The molecule has 2 fully saturated rings. The summed E-state index contributed by atoms with van der Waals surface area (Å²) in [6, 6.07) is 9.79. The summed E-state index contributed by atoms with van der Waals surface area (Å²) in [5, 5.41) is 0. The Morgan fingerprint density at radius 2 is 1.91 bits per heavy atom. The molecule has 5 heteroatoms. The highest BCUT2D eigenvalue weighted by atomic mass is 16.7. The highest BCUT2D eigenvalue weighted by Gasteiger charge is 2.51. The molecule has 1 spiro atoms. The van der Waals surface area contributed by atoms with Crippen LogP contribution in [0.25, 0.3) is 0 Å². The summed E-state index contributed by atoms with van der Waals surface area (Å²) in [6.45, 7) is 1.00. The Kier molecular flexibility index (Phi) is 4.27. The second kappa shape index (κ2) is 6.18. The number of carbonyl (C=O) groups is 2. The third kappa shape index (κ3) is 2.91. The van der Waals surface area contributed by atoms with Crippen molar-refractivity contribution >= 4 is 11.8 Å². The molecule has 1 heterocycles. The molecule has 3 rings (SSSR count). The molecule has 0 radical (unpaired) electrons. The average Bonchev–Trinajstić information content (AvgIpc) is 2.99. The van der Waals surface area contributed by atoms with Crippen molar-refractivity contribution in [3.05, 3.63) is 35.9 Å². The third-order valence-electron chi connectivity index (χ3n) is 4.44. The zero-order chi connectivity index (χ0) is 15.6. The van der Waals surface area contributed by atoms with Gasteiger partial charge in [0, 0.05) is 18.8 Å². The van der Waals surface area contributed by atoms with Crippen molar-refractivity contribution in [2.45, 2.75) is 25.0 Å². The van der Waals surface area contributed by atoms with Gasteiger partial charge >= 0.3 is 5.97 Å². The van der Waals surface area contributed by atoms with Crippen molar-refractivity contribution in [1.29, 1.82) is 0 Å². The van der Waals surface area contributed by atoms with Gasteiger partial charge in [0.2, 0.25) is 0 Å². The Balaban J connectivity index is 1.83. The summed E-state index contributed by atoms with van der Waals surface area (Å²) in [6.07, 6.45) is 1.33. The fraction of sp³-hybridized carbons (Fsp3) is 0.529. The number of Topliss-reactive ketones (excluding diaryl/α,β-unsaturated/α-hetero) is 1. The van der Waals surface area contributed by atoms with Gasteiger partial charge in [-0.15, -0.1) is 0 Å². The number of carbonyl (C=O) groups excluding carboxylic acids is 2. The maximum atomic E-state index is 12.7. The van der Waals surface area contributed by atoms with E-state index in [9.17, 15) is 9.59 Å². The summed E-state index contributed by atoms with van der Waals surface area (Å²) >= 11 is 0. The molecule has 2 atom stereocenters. The smallest absolute Gasteiger partial charge is 0.316 e. The van der Waals surface area contributed by atoms with Crippen LogP contribution in [0, 0.1) is 11.8 Å². The molecule has 0 N–H and O–H groups in total. The molecule has 2 unspecified atom stereocenters. The summed E-state index contributed by atoms with van der Waals surface area (Å²) in [5.41, 5.74) is 1.07. The van der Waals surface area contributed by atoms with Crippen molar-refractivity contribution in [1.82, 2.24) is 0 Å². The van der Waals surface area contributed by atoms with Crippen LogP contribution in [0.4, 0.5) is 0 Å². The monoisotopic (exact) mass is 304 g/mol. The first-order valence-electron chi connectivity index (χ1n) is 7.57. The lowest BCUT2D eigenvalue weighted by molar-refractivity contribution is -0.203. The molecule has 1 saturated carbocycles. The number of methoxy groups -OCH3 is 1. The van der Waals surface area contributed by atoms with Crippen molar-refractivity contribution in [2.75, 3.05) is 20.3 Å². The van der Waals surface area contributed by atoms with Gasteiger partial charge in [0.05, 0.1) is 20.3 Å². The highest BCUT2D eigenvalue weighted by Crippen LogP contribution is 2.41. The molecule has 2 aliphatic rings. The van der Waals surface area contributed by atoms with E-state index in [1.54, 1.807) is 0 Å². The molecule has 0 amide bonds. The number of ketones is 1. The summed E-state index contributed by atoms with van der Waals surface area (Å²) < 4.78 is 16.3. The Hall–Kier alpha value is -1.72. The molecule has 1 aliphatic heterocycles. The molecule has 0 bridgehead atoms. The molecule has 1 aromatic carbocycles. The van der Waals surface area contributed by atoms with Crippen molar-refractivity contribution in [3.8, 4) is 0 Å². The zero-order valence-electron chi connectivity index (χ0n) is 12.6. The average molecular weight is 304 g/mol. The third-order valence-corrected chi connectivity index (χ3v) is 4.44. The van der Waals surface area contributed by atoms with E-state index in [4.69, 9.17) is 14.2 Å². The first kappa shape index (κ1) is 15.2. The van der Waals surface area contributed by atoms with E-state index in [0.29, 0.717) is 26.1 Å². The number of hydrogen-bond donors (Lipinski definition) is 0. The van der Waals surface area contributed by atoms with Crippen LogP contribution in [0.5, 0.6) is 0 Å². The highest BCUT2D eigenvalue weighted by molar-refractivity contribution is 6.01. The lowest BCUT2D eigenvalue weighted by atomic mass is 9.74. The first-order valence-corrected chi connectivity index (χ1v) is 7.57. The minimum Gasteiger partial charge on any atom is -0.468 e. The van der Waals surface area contributed by atoms with Gasteiger partial charge < -0.3 is 14.2 Å². The van der Waals surface area contributed by atoms with Gasteiger partial charge in [0.25, 0.3) is 0 Å². The molecule has 1 saturated heterocycles. The van der Waals surface area contributed by atoms with Gasteiger partial charge in [0.1, 0.15) is 5.92 Å². The lowest BCUT2D eigenvalue weighted by Gasteiger charge is -2.38. The van der Waals surface area contributed by atoms with Crippen LogP contribution >= 0.6 is 0 Å². The minimum atomic E-state index is -0.813.